The van der Waals surface area contributed by atoms with Crippen molar-refractivity contribution in [3.8, 4) is 0 Å². The summed E-state index contributed by atoms with van der Waals surface area (Å²) >= 11 is 0. The van der Waals surface area contributed by atoms with E-state index in [1.54, 1.807) is 0 Å². The summed E-state index contributed by atoms with van der Waals surface area (Å²) in [4.78, 5) is 0. The van der Waals surface area contributed by atoms with Crippen LogP contribution in [0.1, 0.15) is 72.1 Å². The maximum atomic E-state index is 3.94. The summed E-state index contributed by atoms with van der Waals surface area (Å²) in [5.41, 5.74) is 1.02. The average molecular weight is 209 g/mol. The average Bonchev–Trinajstić information content (AvgIpc) is 2.76. The minimum absolute atomic E-state index is 0.449. The molecule has 0 radical (unpaired) electrons. The lowest BCUT2D eigenvalue weighted by Gasteiger charge is -2.39. The van der Waals surface area contributed by atoms with Crippen LogP contribution in [0.5, 0.6) is 0 Å². The molecule has 1 nitrogen and oxygen atoms in total. The molecular weight excluding hydrogens is 182 g/mol. The van der Waals surface area contributed by atoms with Crippen LogP contribution in [0, 0.1) is 5.41 Å². The monoisotopic (exact) mass is 209 g/mol. The van der Waals surface area contributed by atoms with Crippen molar-refractivity contribution in [2.75, 3.05) is 0 Å². The molecule has 88 valence electrons. The van der Waals surface area contributed by atoms with E-state index in [4.69, 9.17) is 0 Å². The molecule has 0 spiro atoms. The third-order valence-corrected chi connectivity index (χ3v) is 5.06. The van der Waals surface area contributed by atoms with Crippen LogP contribution in [0.4, 0.5) is 0 Å². The second kappa shape index (κ2) is 4.08. The smallest absolute Gasteiger partial charge is 0.0156 e. The first-order valence-electron chi connectivity index (χ1n) is 6.82. The van der Waals surface area contributed by atoms with E-state index in [2.05, 4.69) is 26.1 Å². The third-order valence-electron chi connectivity index (χ3n) is 5.06. The zero-order valence-electron chi connectivity index (χ0n) is 10.7. The van der Waals surface area contributed by atoms with E-state index in [0.29, 0.717) is 17.0 Å². The fraction of sp³-hybridized carbons (Fsp3) is 1.00. The lowest BCUT2D eigenvalue weighted by molar-refractivity contribution is 0.185. The summed E-state index contributed by atoms with van der Waals surface area (Å²) in [6.07, 6.45) is 11.4. The van der Waals surface area contributed by atoms with Crippen molar-refractivity contribution < 1.29 is 0 Å². The molecule has 1 heteroatoms. The zero-order chi connectivity index (χ0) is 10.9. The maximum Gasteiger partial charge on any atom is 0.0156 e. The number of nitrogens with one attached hydrogen (secondary N) is 1. The number of hydrogen-bond acceptors (Lipinski definition) is 1. The highest BCUT2D eigenvalue weighted by molar-refractivity contribution is 4.96. The van der Waals surface area contributed by atoms with E-state index in [0.717, 1.165) is 0 Å². The molecule has 1 N–H and O–H groups in total. The molecular formula is C14H27N. The van der Waals surface area contributed by atoms with Gasteiger partial charge in [-0.15, -0.1) is 0 Å². The van der Waals surface area contributed by atoms with Gasteiger partial charge in [-0.25, -0.2) is 0 Å². The largest absolute Gasteiger partial charge is 0.309 e. The molecule has 0 aromatic carbocycles. The minimum atomic E-state index is 0.449. The highest BCUT2D eigenvalue weighted by Crippen LogP contribution is 2.42. The van der Waals surface area contributed by atoms with Gasteiger partial charge in [0, 0.05) is 11.6 Å². The van der Waals surface area contributed by atoms with E-state index < -0.39 is 0 Å². The van der Waals surface area contributed by atoms with Gasteiger partial charge in [-0.3, -0.25) is 0 Å². The Bertz CT molecular complexity index is 209. The van der Waals surface area contributed by atoms with E-state index in [9.17, 15) is 0 Å². The first-order chi connectivity index (χ1) is 7.04. The Labute approximate surface area is 95.0 Å². The van der Waals surface area contributed by atoms with Gasteiger partial charge in [-0.2, -0.15) is 0 Å². The van der Waals surface area contributed by atoms with Crippen LogP contribution in [0.25, 0.3) is 0 Å². The van der Waals surface area contributed by atoms with Gasteiger partial charge in [0.05, 0.1) is 0 Å². The highest BCUT2D eigenvalue weighted by Gasteiger charge is 2.38. The normalized spacial score (nSPS) is 30.6. The van der Waals surface area contributed by atoms with Gasteiger partial charge in [0.25, 0.3) is 0 Å². The Morgan fingerprint density at radius 2 is 1.33 bits per heavy atom. The molecule has 0 saturated heterocycles. The van der Waals surface area contributed by atoms with Gasteiger partial charge in [-0.05, 0) is 44.9 Å². The predicted molar refractivity (Wildman–Crippen MR) is 66.0 cm³/mol. The Hall–Kier alpha value is -0.0400. The summed E-state index contributed by atoms with van der Waals surface area (Å²) in [6, 6.07) is 0.697. The third kappa shape index (κ3) is 2.38. The quantitative estimate of drug-likeness (QED) is 0.744. The Morgan fingerprint density at radius 3 is 1.87 bits per heavy atom. The summed E-state index contributed by atoms with van der Waals surface area (Å²) in [6.45, 7) is 7.32. The van der Waals surface area contributed by atoms with Crippen LogP contribution < -0.4 is 5.32 Å². The Morgan fingerprint density at radius 1 is 0.867 bits per heavy atom. The Balaban J connectivity index is 1.93. The predicted octanol–water partition coefficient (Wildman–Crippen LogP) is 3.88. The summed E-state index contributed by atoms with van der Waals surface area (Å²) in [7, 11) is 0. The van der Waals surface area contributed by atoms with E-state index in [1.165, 1.54) is 51.4 Å². The van der Waals surface area contributed by atoms with E-state index in [-0.39, 0.29) is 0 Å². The summed E-state index contributed by atoms with van der Waals surface area (Å²) < 4.78 is 0. The fourth-order valence-corrected chi connectivity index (χ4v) is 3.61. The molecule has 0 heterocycles. The molecule has 2 rings (SSSR count). The van der Waals surface area contributed by atoms with Crippen LogP contribution in [0.15, 0.2) is 0 Å². The van der Waals surface area contributed by atoms with Crippen LogP contribution in [0.3, 0.4) is 0 Å². The van der Waals surface area contributed by atoms with Crippen molar-refractivity contribution in [2.45, 2.75) is 83.7 Å². The second-order valence-electron chi connectivity index (χ2n) is 6.49. The van der Waals surface area contributed by atoms with Crippen LogP contribution >= 0.6 is 0 Å². The number of rotatable bonds is 3. The molecule has 15 heavy (non-hydrogen) atoms. The Kier molecular flexibility index (Phi) is 3.12. The van der Waals surface area contributed by atoms with Crippen molar-refractivity contribution in [2.24, 2.45) is 5.41 Å². The molecule has 0 aromatic rings. The van der Waals surface area contributed by atoms with Crippen molar-refractivity contribution in [3.05, 3.63) is 0 Å². The van der Waals surface area contributed by atoms with Crippen molar-refractivity contribution in [1.82, 2.24) is 5.32 Å². The standard InChI is InChI=1S/C14H27N/c1-12(13(2)8-4-5-9-13)15-14(3)10-6-7-11-14/h12,15H,4-11H2,1-3H3. The molecule has 1 unspecified atom stereocenters. The SMILES string of the molecule is CC(NC1(C)CCCC1)C1(C)CCCC1. The van der Waals surface area contributed by atoms with Gasteiger partial charge in [0.1, 0.15) is 0 Å². The van der Waals surface area contributed by atoms with E-state index in [1.807, 2.05) is 0 Å². The summed E-state index contributed by atoms with van der Waals surface area (Å²) in [5.74, 6) is 0. The molecule has 0 amide bonds. The first kappa shape index (κ1) is 11.4. The topological polar surface area (TPSA) is 12.0 Å². The van der Waals surface area contributed by atoms with Gasteiger partial charge >= 0.3 is 0 Å². The second-order valence-corrected chi connectivity index (χ2v) is 6.49. The minimum Gasteiger partial charge on any atom is -0.309 e. The van der Waals surface area contributed by atoms with E-state index >= 15 is 0 Å². The van der Waals surface area contributed by atoms with Crippen LogP contribution in [0.2, 0.25) is 0 Å². The molecule has 0 aromatic heterocycles. The lowest BCUT2D eigenvalue weighted by atomic mass is 9.80. The van der Waals surface area contributed by atoms with Crippen LogP contribution in [-0.4, -0.2) is 11.6 Å². The van der Waals surface area contributed by atoms with Crippen molar-refractivity contribution in [1.29, 1.82) is 0 Å². The molecule has 2 saturated carbocycles. The number of hydrogen-bond donors (Lipinski definition) is 1. The molecule has 2 aliphatic carbocycles. The molecule has 1 atom stereocenters. The highest BCUT2D eigenvalue weighted by atomic mass is 15.0. The van der Waals surface area contributed by atoms with Crippen molar-refractivity contribution >= 4 is 0 Å². The van der Waals surface area contributed by atoms with Crippen molar-refractivity contribution in [3.63, 3.8) is 0 Å². The zero-order valence-corrected chi connectivity index (χ0v) is 10.7. The molecule has 2 aliphatic rings. The molecule has 2 fully saturated rings. The van der Waals surface area contributed by atoms with Gasteiger partial charge < -0.3 is 5.32 Å². The molecule has 0 aliphatic heterocycles. The fourth-order valence-electron chi connectivity index (χ4n) is 3.61. The lowest BCUT2D eigenvalue weighted by Crippen LogP contribution is -2.50. The van der Waals surface area contributed by atoms with Gasteiger partial charge in [0.15, 0.2) is 0 Å². The first-order valence-corrected chi connectivity index (χ1v) is 6.82. The van der Waals surface area contributed by atoms with Crippen LogP contribution in [-0.2, 0) is 0 Å². The van der Waals surface area contributed by atoms with Gasteiger partial charge in [-0.1, -0.05) is 32.6 Å². The molecule has 0 bridgehead atoms. The maximum absolute atomic E-state index is 3.94. The van der Waals surface area contributed by atoms with Gasteiger partial charge in [0.2, 0.25) is 0 Å². The summed E-state index contributed by atoms with van der Waals surface area (Å²) in [5, 5.41) is 3.94.